The van der Waals surface area contributed by atoms with Gasteiger partial charge in [-0.25, -0.2) is 0 Å². The fraction of sp³-hybridized carbons (Fsp3) is 0.625. The zero-order valence-corrected chi connectivity index (χ0v) is 20.3. The first-order chi connectivity index (χ1) is 15.6. The Labute approximate surface area is 194 Å². The molecule has 2 fully saturated rings. The number of esters is 1. The molecule has 9 heteroatoms. The lowest BCUT2D eigenvalue weighted by Crippen LogP contribution is -2.41. The van der Waals surface area contributed by atoms with Crippen LogP contribution in [0.2, 0.25) is 18.1 Å². The third-order valence-electron chi connectivity index (χ3n) is 7.02. The van der Waals surface area contributed by atoms with E-state index in [-0.39, 0.29) is 42.4 Å². The highest BCUT2D eigenvalue weighted by atomic mass is 28.4. The molecule has 1 aromatic carbocycles. The van der Waals surface area contributed by atoms with Gasteiger partial charge in [-0.15, -0.1) is 0 Å². The van der Waals surface area contributed by atoms with Crippen LogP contribution in [0.1, 0.15) is 39.2 Å². The summed E-state index contributed by atoms with van der Waals surface area (Å²) in [5.41, 5.74) is -0.802. The Morgan fingerprint density at radius 2 is 1.94 bits per heavy atom. The van der Waals surface area contributed by atoms with Crippen LogP contribution in [0.3, 0.4) is 0 Å². The highest BCUT2D eigenvalue weighted by Crippen LogP contribution is 2.45. The van der Waals surface area contributed by atoms with Crippen molar-refractivity contribution < 1.29 is 37.0 Å². The molecule has 0 spiro atoms. The van der Waals surface area contributed by atoms with Gasteiger partial charge in [0.05, 0.1) is 18.1 Å². The van der Waals surface area contributed by atoms with Gasteiger partial charge in [0.25, 0.3) is 0 Å². The molecule has 1 heterocycles. The first kappa shape index (κ1) is 25.8. The van der Waals surface area contributed by atoms with E-state index < -0.39 is 26.2 Å². The molecule has 0 unspecified atom stereocenters. The molecule has 1 aliphatic heterocycles. The number of hydrogen-bond donors (Lipinski definition) is 1. The summed E-state index contributed by atoms with van der Waals surface area (Å²) in [6.45, 7) is 6.30. The largest absolute Gasteiger partial charge is 0.491 e. The highest BCUT2D eigenvalue weighted by Gasteiger charge is 2.51. The Morgan fingerprint density at radius 3 is 2.58 bits per heavy atom. The molecule has 0 radical (unpaired) electrons. The van der Waals surface area contributed by atoms with Gasteiger partial charge in [0.1, 0.15) is 24.6 Å². The lowest BCUT2D eigenvalue weighted by molar-refractivity contribution is -0.142. The Kier molecular flexibility index (Phi) is 8.29. The van der Waals surface area contributed by atoms with Crippen LogP contribution in [0.25, 0.3) is 0 Å². The van der Waals surface area contributed by atoms with E-state index >= 15 is 0 Å². The van der Waals surface area contributed by atoms with Crippen LogP contribution in [0.15, 0.2) is 36.4 Å². The fourth-order valence-corrected chi connectivity index (χ4v) is 7.76. The molecule has 0 bridgehead atoms. The average Bonchev–Trinajstić information content (AvgIpc) is 3.29. The van der Waals surface area contributed by atoms with Crippen molar-refractivity contribution in [2.75, 3.05) is 6.61 Å². The quantitative estimate of drug-likeness (QED) is 0.275. The van der Waals surface area contributed by atoms with Crippen LogP contribution in [0.5, 0.6) is 5.75 Å². The van der Waals surface area contributed by atoms with Crippen molar-refractivity contribution in [3.63, 3.8) is 0 Å². The molecule has 1 aromatic rings. The van der Waals surface area contributed by atoms with Gasteiger partial charge in [-0.05, 0) is 36.3 Å². The molecule has 0 aromatic heterocycles. The molecule has 184 valence electrons. The van der Waals surface area contributed by atoms with Crippen LogP contribution in [0.4, 0.5) is 13.2 Å². The third kappa shape index (κ3) is 6.19. The summed E-state index contributed by atoms with van der Waals surface area (Å²) in [6, 6.07) is 7.60. The van der Waals surface area contributed by atoms with E-state index in [1.807, 2.05) is 6.08 Å². The summed E-state index contributed by atoms with van der Waals surface area (Å²) in [7, 11) is -1.88. The molecule has 3 rings (SSSR count). The molecule has 33 heavy (non-hydrogen) atoms. The molecular weight excluding hydrogens is 453 g/mol. The number of fused-ring (bicyclic) bond motifs is 1. The lowest BCUT2D eigenvalue weighted by Gasteiger charge is -2.34. The lowest BCUT2D eigenvalue weighted by atomic mass is 9.91. The summed E-state index contributed by atoms with van der Waals surface area (Å²) >= 11 is 0. The Bertz CT molecular complexity index is 831. The van der Waals surface area contributed by atoms with E-state index in [1.54, 1.807) is 6.08 Å². The molecule has 1 saturated heterocycles. The van der Waals surface area contributed by atoms with E-state index in [9.17, 15) is 23.1 Å². The summed E-state index contributed by atoms with van der Waals surface area (Å²) < 4.78 is 56.2. The van der Waals surface area contributed by atoms with Gasteiger partial charge < -0.3 is 19.0 Å². The summed E-state index contributed by atoms with van der Waals surface area (Å²) in [4.78, 5) is 11.8. The van der Waals surface area contributed by atoms with Crippen molar-refractivity contribution in [1.29, 1.82) is 0 Å². The van der Waals surface area contributed by atoms with Gasteiger partial charge in [0, 0.05) is 18.3 Å². The Morgan fingerprint density at radius 1 is 1.24 bits per heavy atom. The normalized spacial score (nSPS) is 26.5. The van der Waals surface area contributed by atoms with Crippen molar-refractivity contribution in [1.82, 2.24) is 0 Å². The highest BCUT2D eigenvalue weighted by molar-refractivity contribution is 6.73. The van der Waals surface area contributed by atoms with Gasteiger partial charge in [-0.2, -0.15) is 13.2 Å². The minimum Gasteiger partial charge on any atom is -0.491 e. The summed E-state index contributed by atoms with van der Waals surface area (Å²) in [6.07, 6.45) is -1.28. The van der Waals surface area contributed by atoms with Crippen LogP contribution >= 0.6 is 0 Å². The number of hydrogen-bond acceptors (Lipinski definition) is 5. The van der Waals surface area contributed by atoms with E-state index in [0.717, 1.165) is 30.3 Å². The molecule has 1 aliphatic carbocycles. The van der Waals surface area contributed by atoms with Crippen LogP contribution in [-0.4, -0.2) is 44.3 Å². The van der Waals surface area contributed by atoms with Gasteiger partial charge in [0.15, 0.2) is 8.32 Å². The van der Waals surface area contributed by atoms with Crippen LogP contribution < -0.4 is 4.74 Å². The van der Waals surface area contributed by atoms with Crippen molar-refractivity contribution >= 4 is 14.3 Å². The SMILES string of the molecule is CC[Si](CC)(CC)O[C@@H]1C[C@@H]2OC(=O)C[C@@H]2[C@H]1/C=C/[C@@H](O)COc1cccc(C(F)(F)F)c1. The maximum atomic E-state index is 12.9. The Balaban J connectivity index is 1.66. The van der Waals surface area contributed by atoms with Crippen LogP contribution in [-0.2, 0) is 20.1 Å². The van der Waals surface area contributed by atoms with Gasteiger partial charge in [-0.3, -0.25) is 4.79 Å². The molecule has 1 N–H and O–H groups in total. The number of halogens is 3. The van der Waals surface area contributed by atoms with Crippen molar-refractivity contribution in [2.24, 2.45) is 11.8 Å². The maximum absolute atomic E-state index is 12.9. The Hall–Kier alpha value is -1.84. The smallest absolute Gasteiger partial charge is 0.416 e. The van der Waals surface area contributed by atoms with Gasteiger partial charge >= 0.3 is 12.1 Å². The zero-order chi connectivity index (χ0) is 24.2. The molecule has 0 amide bonds. The van der Waals surface area contributed by atoms with E-state index in [4.69, 9.17) is 13.9 Å². The molecular formula is C24H33F3O5Si. The topological polar surface area (TPSA) is 65.0 Å². The molecule has 1 saturated carbocycles. The van der Waals surface area contributed by atoms with E-state index in [1.165, 1.54) is 12.1 Å². The number of ether oxygens (including phenoxy) is 2. The first-order valence-corrected chi connectivity index (χ1v) is 14.2. The number of benzene rings is 1. The van der Waals surface area contributed by atoms with Gasteiger partial charge in [-0.1, -0.05) is 39.0 Å². The molecule has 5 atom stereocenters. The minimum atomic E-state index is -4.46. The number of rotatable bonds is 10. The van der Waals surface area contributed by atoms with E-state index in [0.29, 0.717) is 12.8 Å². The number of alkyl halides is 3. The fourth-order valence-electron chi connectivity index (χ4n) is 4.87. The van der Waals surface area contributed by atoms with Crippen molar-refractivity contribution in [3.05, 3.63) is 42.0 Å². The number of aliphatic hydroxyl groups excluding tert-OH is 1. The third-order valence-corrected chi connectivity index (χ3v) is 11.7. The maximum Gasteiger partial charge on any atom is 0.416 e. The predicted octanol–water partition coefficient (Wildman–Crippen LogP) is 5.34. The van der Waals surface area contributed by atoms with Gasteiger partial charge in [0.2, 0.25) is 0 Å². The predicted molar refractivity (Wildman–Crippen MR) is 120 cm³/mol. The average molecular weight is 487 g/mol. The second-order valence-corrected chi connectivity index (χ2v) is 13.6. The summed E-state index contributed by atoms with van der Waals surface area (Å²) in [5.74, 6) is -0.229. The van der Waals surface area contributed by atoms with Crippen molar-refractivity contribution in [3.8, 4) is 5.75 Å². The number of aliphatic hydroxyl groups is 1. The molecule has 5 nitrogen and oxygen atoms in total. The number of carbonyl (C=O) groups excluding carboxylic acids is 1. The first-order valence-electron chi connectivity index (χ1n) is 11.6. The molecule has 2 aliphatic rings. The second kappa shape index (κ2) is 10.6. The number of carbonyl (C=O) groups is 1. The monoisotopic (exact) mass is 486 g/mol. The zero-order valence-electron chi connectivity index (χ0n) is 19.3. The summed E-state index contributed by atoms with van der Waals surface area (Å²) in [5, 5.41) is 10.4. The standard InChI is InChI=1S/C24H33F3O5Si/c1-4-33(5-2,6-3)32-22-14-21-20(13-23(29)31-21)19(22)11-10-17(28)15-30-18-9-7-8-16(12-18)24(25,26)27/h7-12,17,19-22,28H,4-6,13-15H2,1-3H3/b11-10+/t17-,19-,20-,21+,22-/m1/s1. The van der Waals surface area contributed by atoms with Crippen LogP contribution in [0, 0.1) is 11.8 Å². The minimum absolute atomic E-state index is 0.00704. The van der Waals surface area contributed by atoms with E-state index in [2.05, 4.69) is 20.8 Å². The second-order valence-electron chi connectivity index (χ2n) is 8.90. The van der Waals surface area contributed by atoms with Crippen molar-refractivity contribution in [2.45, 2.75) is 76.2 Å².